The standard InChI is InChI=1S/C13H9Cl2N5/c1-20-7-8(5-17-20)11-4-12(15)19-13(18-11)10-3-2-9(14)6-16-10/h2-7H,1H3. The average Bonchev–Trinajstić information content (AvgIpc) is 2.85. The molecule has 7 heteroatoms. The van der Waals surface area contributed by atoms with Gasteiger partial charge in [-0.05, 0) is 12.1 Å². The molecule has 0 bridgehead atoms. The minimum absolute atomic E-state index is 0.352. The number of aromatic nitrogens is 5. The summed E-state index contributed by atoms with van der Waals surface area (Å²) >= 11 is 11.9. The summed E-state index contributed by atoms with van der Waals surface area (Å²) in [4.78, 5) is 12.8. The molecule has 0 spiro atoms. The Morgan fingerprint density at radius 1 is 1.05 bits per heavy atom. The maximum atomic E-state index is 6.06. The van der Waals surface area contributed by atoms with E-state index >= 15 is 0 Å². The lowest BCUT2D eigenvalue weighted by atomic mass is 10.2. The largest absolute Gasteiger partial charge is 0.275 e. The highest BCUT2D eigenvalue weighted by molar-refractivity contribution is 6.30. The van der Waals surface area contributed by atoms with Crippen molar-refractivity contribution in [2.75, 3.05) is 0 Å². The zero-order valence-electron chi connectivity index (χ0n) is 10.5. The van der Waals surface area contributed by atoms with E-state index < -0.39 is 0 Å². The molecule has 5 nitrogen and oxygen atoms in total. The molecule has 3 aromatic heterocycles. The van der Waals surface area contributed by atoms with E-state index in [4.69, 9.17) is 23.2 Å². The van der Waals surface area contributed by atoms with Crippen LogP contribution in [0.2, 0.25) is 10.2 Å². The van der Waals surface area contributed by atoms with Gasteiger partial charge in [0.1, 0.15) is 10.8 Å². The van der Waals surface area contributed by atoms with E-state index in [1.807, 2.05) is 13.2 Å². The zero-order chi connectivity index (χ0) is 14.1. The Kier molecular flexibility index (Phi) is 3.38. The van der Waals surface area contributed by atoms with E-state index in [2.05, 4.69) is 20.1 Å². The van der Waals surface area contributed by atoms with E-state index in [1.165, 1.54) is 0 Å². The summed E-state index contributed by atoms with van der Waals surface area (Å²) in [6, 6.07) is 5.18. The van der Waals surface area contributed by atoms with Crippen LogP contribution in [0.4, 0.5) is 0 Å². The predicted octanol–water partition coefficient (Wildman–Crippen LogP) is 3.25. The monoisotopic (exact) mass is 305 g/mol. The van der Waals surface area contributed by atoms with E-state index in [9.17, 15) is 0 Å². The van der Waals surface area contributed by atoms with Gasteiger partial charge in [0.25, 0.3) is 0 Å². The predicted molar refractivity (Wildman–Crippen MR) is 77.5 cm³/mol. The van der Waals surface area contributed by atoms with Crippen LogP contribution in [-0.2, 0) is 7.05 Å². The molecule has 100 valence electrons. The van der Waals surface area contributed by atoms with Crippen molar-refractivity contribution in [3.63, 3.8) is 0 Å². The molecular weight excluding hydrogens is 297 g/mol. The molecule has 0 aromatic carbocycles. The van der Waals surface area contributed by atoms with Crippen LogP contribution in [0.3, 0.4) is 0 Å². The molecule has 0 unspecified atom stereocenters. The van der Waals surface area contributed by atoms with Crippen LogP contribution < -0.4 is 0 Å². The highest BCUT2D eigenvalue weighted by atomic mass is 35.5. The zero-order valence-corrected chi connectivity index (χ0v) is 12.0. The van der Waals surface area contributed by atoms with Crippen molar-refractivity contribution in [1.82, 2.24) is 24.7 Å². The maximum Gasteiger partial charge on any atom is 0.180 e. The maximum absolute atomic E-state index is 6.06. The van der Waals surface area contributed by atoms with Crippen LogP contribution in [0.5, 0.6) is 0 Å². The van der Waals surface area contributed by atoms with Gasteiger partial charge in [0.05, 0.1) is 16.9 Å². The Labute approximate surface area is 125 Å². The molecule has 0 aliphatic carbocycles. The molecule has 0 N–H and O–H groups in total. The molecule has 0 saturated carbocycles. The minimum Gasteiger partial charge on any atom is -0.275 e. The van der Waals surface area contributed by atoms with Gasteiger partial charge in [0.2, 0.25) is 0 Å². The number of aryl methyl sites for hydroxylation is 1. The van der Waals surface area contributed by atoms with Gasteiger partial charge in [-0.15, -0.1) is 0 Å². The molecule has 0 aliphatic rings. The smallest absolute Gasteiger partial charge is 0.180 e. The molecule has 0 amide bonds. The van der Waals surface area contributed by atoms with Crippen LogP contribution in [0.25, 0.3) is 22.8 Å². The lowest BCUT2D eigenvalue weighted by molar-refractivity contribution is 0.768. The molecule has 0 saturated heterocycles. The summed E-state index contributed by atoms with van der Waals surface area (Å²) in [6.07, 6.45) is 5.13. The second-order valence-corrected chi connectivity index (χ2v) is 4.99. The first-order valence-corrected chi connectivity index (χ1v) is 6.53. The van der Waals surface area contributed by atoms with Gasteiger partial charge in [-0.3, -0.25) is 9.67 Å². The summed E-state index contributed by atoms with van der Waals surface area (Å²) < 4.78 is 1.70. The molecule has 0 atom stereocenters. The number of nitrogens with zero attached hydrogens (tertiary/aromatic N) is 5. The quantitative estimate of drug-likeness (QED) is 0.682. The Hall–Kier alpha value is -1.98. The first-order valence-electron chi connectivity index (χ1n) is 5.77. The van der Waals surface area contributed by atoms with Crippen molar-refractivity contribution in [1.29, 1.82) is 0 Å². The average molecular weight is 306 g/mol. The third-order valence-electron chi connectivity index (χ3n) is 2.65. The van der Waals surface area contributed by atoms with Gasteiger partial charge < -0.3 is 0 Å². The molecule has 3 heterocycles. The second kappa shape index (κ2) is 5.19. The highest BCUT2D eigenvalue weighted by Gasteiger charge is 2.10. The number of hydrogen-bond acceptors (Lipinski definition) is 4. The van der Waals surface area contributed by atoms with Gasteiger partial charge >= 0.3 is 0 Å². The van der Waals surface area contributed by atoms with Gasteiger partial charge in [-0.1, -0.05) is 23.2 Å². The summed E-state index contributed by atoms with van der Waals surface area (Å²) in [6.45, 7) is 0. The van der Waals surface area contributed by atoms with Gasteiger partial charge in [0.15, 0.2) is 5.82 Å². The lowest BCUT2D eigenvalue weighted by Gasteiger charge is -2.03. The summed E-state index contributed by atoms with van der Waals surface area (Å²) in [5, 5.41) is 5.03. The third-order valence-corrected chi connectivity index (χ3v) is 3.07. The summed E-state index contributed by atoms with van der Waals surface area (Å²) in [7, 11) is 1.84. The Bertz CT molecular complexity index is 752. The van der Waals surface area contributed by atoms with E-state index in [0.717, 1.165) is 5.56 Å². The minimum atomic E-state index is 0.352. The van der Waals surface area contributed by atoms with Crippen LogP contribution in [0.1, 0.15) is 0 Å². The van der Waals surface area contributed by atoms with Gasteiger partial charge in [-0.2, -0.15) is 5.10 Å². The van der Waals surface area contributed by atoms with Crippen molar-refractivity contribution in [3.05, 3.63) is 47.0 Å². The molecule has 3 aromatic rings. The normalized spacial score (nSPS) is 10.8. The number of halogens is 2. The summed E-state index contributed by atoms with van der Waals surface area (Å²) in [5.41, 5.74) is 2.18. The number of pyridine rings is 1. The number of rotatable bonds is 2. The first kappa shape index (κ1) is 13.0. The summed E-state index contributed by atoms with van der Waals surface area (Å²) in [5.74, 6) is 0.452. The fourth-order valence-electron chi connectivity index (χ4n) is 1.74. The van der Waals surface area contributed by atoms with E-state index in [1.54, 1.807) is 35.3 Å². The number of hydrogen-bond donors (Lipinski definition) is 0. The Morgan fingerprint density at radius 3 is 2.55 bits per heavy atom. The molecule has 3 rings (SSSR count). The first-order chi connectivity index (χ1) is 9.61. The van der Waals surface area contributed by atoms with Crippen molar-refractivity contribution in [2.45, 2.75) is 0 Å². The Morgan fingerprint density at radius 2 is 1.90 bits per heavy atom. The van der Waals surface area contributed by atoms with Gasteiger partial charge in [0, 0.05) is 31.1 Å². The third kappa shape index (κ3) is 2.64. The second-order valence-electron chi connectivity index (χ2n) is 4.16. The van der Waals surface area contributed by atoms with Crippen molar-refractivity contribution < 1.29 is 0 Å². The van der Waals surface area contributed by atoms with Crippen molar-refractivity contribution in [2.24, 2.45) is 7.05 Å². The Balaban J connectivity index is 2.09. The molecule has 0 aliphatic heterocycles. The highest BCUT2D eigenvalue weighted by Crippen LogP contribution is 2.23. The fraction of sp³-hybridized carbons (Fsp3) is 0.0769. The van der Waals surface area contributed by atoms with Crippen LogP contribution in [-0.4, -0.2) is 24.7 Å². The lowest BCUT2D eigenvalue weighted by Crippen LogP contribution is -1.94. The van der Waals surface area contributed by atoms with E-state index in [-0.39, 0.29) is 0 Å². The van der Waals surface area contributed by atoms with Gasteiger partial charge in [-0.25, -0.2) is 9.97 Å². The van der Waals surface area contributed by atoms with Crippen LogP contribution in [0.15, 0.2) is 36.8 Å². The van der Waals surface area contributed by atoms with Crippen molar-refractivity contribution >= 4 is 23.2 Å². The van der Waals surface area contributed by atoms with E-state index in [0.29, 0.717) is 27.4 Å². The molecule has 20 heavy (non-hydrogen) atoms. The molecular formula is C13H9Cl2N5. The molecule has 0 fully saturated rings. The van der Waals surface area contributed by atoms with Crippen molar-refractivity contribution in [3.8, 4) is 22.8 Å². The fourth-order valence-corrected chi connectivity index (χ4v) is 2.04. The topological polar surface area (TPSA) is 56.5 Å². The molecule has 0 radical (unpaired) electrons. The SMILES string of the molecule is Cn1cc(-c2cc(Cl)nc(-c3ccc(Cl)cn3)n2)cn1. The van der Waals surface area contributed by atoms with Crippen LogP contribution >= 0.6 is 23.2 Å². The van der Waals surface area contributed by atoms with Crippen LogP contribution in [0, 0.1) is 0 Å².